The molecule has 0 heterocycles. The minimum Gasteiger partial charge on any atom is -0.230 e. The molecular formula is C3H7ClO2S. The van der Waals surface area contributed by atoms with Gasteiger partial charge in [0.1, 0.15) is 4.21 Å². The van der Waals surface area contributed by atoms with Crippen LogP contribution in [0.4, 0.5) is 0 Å². The zero-order valence-electron chi connectivity index (χ0n) is 4.14. The molecule has 0 fully saturated rings. The first-order valence-electron chi connectivity index (χ1n) is 1.78. The minimum absolute atomic E-state index is 1.07. The zero-order valence-corrected chi connectivity index (χ0v) is 5.79. The summed E-state index contributed by atoms with van der Waals surface area (Å²) < 4.78 is 18.8. The Morgan fingerprint density at radius 2 is 1.57 bits per heavy atom. The van der Waals surface area contributed by atoms with Gasteiger partial charge < -0.3 is 0 Å². The zero-order chi connectivity index (χ0) is 6.08. The van der Waals surface area contributed by atoms with Crippen LogP contribution in [-0.2, 0) is 10.7 Å². The number of hydrogen-bond acceptors (Lipinski definition) is 2. The monoisotopic (exact) mass is 142 g/mol. The molecule has 0 aliphatic carbocycles. The van der Waals surface area contributed by atoms with Gasteiger partial charge in [-0.15, -0.1) is 11.6 Å². The van der Waals surface area contributed by atoms with E-state index in [1.54, 1.807) is 0 Å². The van der Waals surface area contributed by atoms with Crippen LogP contribution >= 0.6 is 11.6 Å². The highest BCUT2D eigenvalue weighted by Crippen LogP contribution is 2.11. The van der Waals surface area contributed by atoms with Crippen LogP contribution in [0.1, 0.15) is 13.8 Å². The van der Waals surface area contributed by atoms with Crippen LogP contribution < -0.4 is 0 Å². The molecule has 2 nitrogen and oxygen atoms in total. The summed E-state index contributed by atoms with van der Waals surface area (Å²) in [7, 11) is -2.48. The Hall–Kier alpha value is 0.240. The van der Waals surface area contributed by atoms with E-state index in [4.69, 9.17) is 11.6 Å². The molecule has 0 saturated heterocycles. The first-order chi connectivity index (χ1) is 2.94. The van der Waals surface area contributed by atoms with Gasteiger partial charge in [0, 0.05) is 0 Å². The summed E-state index contributed by atoms with van der Waals surface area (Å²) in [5.41, 5.74) is 0. The van der Waals surface area contributed by atoms with Gasteiger partial charge in [-0.3, -0.25) is 0 Å². The third-order valence-corrected chi connectivity index (χ3v) is 1.72. The lowest BCUT2D eigenvalue weighted by Crippen LogP contribution is -2.10. The largest absolute Gasteiger partial charge is 0.230 e. The molecule has 0 aromatic carbocycles. The molecule has 7 heavy (non-hydrogen) atoms. The first-order valence-corrected chi connectivity index (χ1v) is 3.33. The van der Waals surface area contributed by atoms with E-state index in [0.29, 0.717) is 0 Å². The standard InChI is InChI=1S/C3H7ClO2S/c1-3(2,4)7(5)6/h7H,1-2H3. The predicted octanol–water partition coefficient (Wildman–Crippen LogP) is 0.573. The molecular weight excluding hydrogens is 136 g/mol. The summed E-state index contributed by atoms with van der Waals surface area (Å²) in [6.07, 6.45) is 0. The summed E-state index contributed by atoms with van der Waals surface area (Å²) in [5, 5.41) is 0. The maximum Gasteiger partial charge on any atom is 0.159 e. The molecule has 0 aliphatic rings. The predicted molar refractivity (Wildman–Crippen MR) is 30.2 cm³/mol. The van der Waals surface area contributed by atoms with Crippen molar-refractivity contribution < 1.29 is 8.42 Å². The lowest BCUT2D eigenvalue weighted by molar-refractivity contribution is 0.601. The van der Waals surface area contributed by atoms with E-state index in [1.165, 1.54) is 13.8 Å². The number of alkyl halides is 1. The Kier molecular flexibility index (Phi) is 2.08. The van der Waals surface area contributed by atoms with Crippen LogP contribution in [0.15, 0.2) is 0 Å². The van der Waals surface area contributed by atoms with Crippen LogP contribution in [-0.4, -0.2) is 12.6 Å². The summed E-state index contributed by atoms with van der Waals surface area (Å²) >= 11 is 5.27. The van der Waals surface area contributed by atoms with E-state index in [-0.39, 0.29) is 0 Å². The van der Waals surface area contributed by atoms with Gasteiger partial charge in [0.05, 0.1) is 0 Å². The molecule has 44 valence electrons. The molecule has 0 bridgehead atoms. The van der Waals surface area contributed by atoms with Crippen molar-refractivity contribution in [3.63, 3.8) is 0 Å². The number of rotatable bonds is 1. The van der Waals surface area contributed by atoms with Crippen molar-refractivity contribution in [1.82, 2.24) is 0 Å². The number of thiol groups is 1. The smallest absolute Gasteiger partial charge is 0.159 e. The minimum atomic E-state index is -2.48. The van der Waals surface area contributed by atoms with Crippen LogP contribution in [0.3, 0.4) is 0 Å². The van der Waals surface area contributed by atoms with Gasteiger partial charge in [-0.2, -0.15) is 0 Å². The van der Waals surface area contributed by atoms with Crippen LogP contribution in [0, 0.1) is 0 Å². The van der Waals surface area contributed by atoms with Gasteiger partial charge in [0.25, 0.3) is 0 Å². The molecule has 0 N–H and O–H groups in total. The van der Waals surface area contributed by atoms with Gasteiger partial charge in [0.2, 0.25) is 0 Å². The fraction of sp³-hybridized carbons (Fsp3) is 1.00. The average Bonchev–Trinajstić information content (AvgIpc) is 1.31. The van der Waals surface area contributed by atoms with Crippen LogP contribution in [0.2, 0.25) is 0 Å². The van der Waals surface area contributed by atoms with Gasteiger partial charge in [-0.1, -0.05) is 0 Å². The summed E-state index contributed by atoms with van der Waals surface area (Å²) in [6.45, 7) is 2.86. The van der Waals surface area contributed by atoms with Crippen molar-refractivity contribution in [2.24, 2.45) is 0 Å². The van der Waals surface area contributed by atoms with Crippen LogP contribution in [0.5, 0.6) is 0 Å². The van der Waals surface area contributed by atoms with Gasteiger partial charge >= 0.3 is 0 Å². The molecule has 0 aromatic rings. The second kappa shape index (κ2) is 2.01. The molecule has 0 saturated carbocycles. The molecule has 0 radical (unpaired) electrons. The molecule has 0 amide bonds. The van der Waals surface area contributed by atoms with E-state index >= 15 is 0 Å². The Labute approximate surface area is 49.4 Å². The molecule has 0 unspecified atom stereocenters. The van der Waals surface area contributed by atoms with Crippen molar-refractivity contribution in [2.45, 2.75) is 18.1 Å². The van der Waals surface area contributed by atoms with E-state index in [0.717, 1.165) is 0 Å². The first kappa shape index (κ1) is 7.24. The van der Waals surface area contributed by atoms with Crippen molar-refractivity contribution >= 4 is 22.3 Å². The Balaban J connectivity index is 4.08. The lowest BCUT2D eigenvalue weighted by atomic mass is 10.6. The van der Waals surface area contributed by atoms with Crippen molar-refractivity contribution in [3.05, 3.63) is 0 Å². The van der Waals surface area contributed by atoms with Crippen LogP contribution in [0.25, 0.3) is 0 Å². The highest BCUT2D eigenvalue weighted by molar-refractivity contribution is 7.75. The topological polar surface area (TPSA) is 34.1 Å². The number of halogens is 1. The highest BCUT2D eigenvalue weighted by Gasteiger charge is 2.14. The second-order valence-electron chi connectivity index (χ2n) is 1.67. The Morgan fingerprint density at radius 3 is 1.57 bits per heavy atom. The lowest BCUT2D eigenvalue weighted by Gasteiger charge is -2.01. The van der Waals surface area contributed by atoms with Crippen molar-refractivity contribution in [2.75, 3.05) is 0 Å². The molecule has 0 atom stereocenters. The van der Waals surface area contributed by atoms with Gasteiger partial charge in [-0.25, -0.2) is 8.42 Å². The normalized spacial score (nSPS) is 12.6. The molecule has 0 rings (SSSR count). The highest BCUT2D eigenvalue weighted by atomic mass is 35.5. The Bertz CT molecular complexity index is 113. The summed E-state index contributed by atoms with van der Waals surface area (Å²) in [4.78, 5) is 0. The number of hydrogen-bond donors (Lipinski definition) is 1. The Morgan fingerprint density at radius 1 is 1.43 bits per heavy atom. The fourth-order valence-corrected chi connectivity index (χ4v) is 0. The molecule has 0 aliphatic heterocycles. The molecule has 0 aromatic heterocycles. The maximum atomic E-state index is 9.93. The van der Waals surface area contributed by atoms with Crippen molar-refractivity contribution in [1.29, 1.82) is 0 Å². The fourth-order valence-electron chi connectivity index (χ4n) is 0. The maximum absolute atomic E-state index is 9.93. The van der Waals surface area contributed by atoms with E-state index < -0.39 is 14.9 Å². The van der Waals surface area contributed by atoms with E-state index in [1.807, 2.05) is 0 Å². The SMILES string of the molecule is CC(C)(Cl)[SH](=O)=O. The summed E-state index contributed by atoms with van der Waals surface area (Å²) in [6, 6.07) is 0. The average molecular weight is 143 g/mol. The summed E-state index contributed by atoms with van der Waals surface area (Å²) in [5.74, 6) is 0. The van der Waals surface area contributed by atoms with Gasteiger partial charge in [0.15, 0.2) is 10.7 Å². The molecule has 4 heteroatoms. The quantitative estimate of drug-likeness (QED) is 0.429. The van der Waals surface area contributed by atoms with Gasteiger partial charge in [-0.05, 0) is 13.8 Å². The third kappa shape index (κ3) is 2.88. The van der Waals surface area contributed by atoms with E-state index in [2.05, 4.69) is 0 Å². The van der Waals surface area contributed by atoms with Crippen molar-refractivity contribution in [3.8, 4) is 0 Å². The second-order valence-corrected chi connectivity index (χ2v) is 4.51. The van der Waals surface area contributed by atoms with E-state index in [9.17, 15) is 8.42 Å². The third-order valence-electron chi connectivity index (χ3n) is 0.434. The molecule has 0 spiro atoms.